The van der Waals surface area contributed by atoms with Gasteiger partial charge in [0.1, 0.15) is 11.5 Å². The van der Waals surface area contributed by atoms with Crippen molar-refractivity contribution in [3.63, 3.8) is 0 Å². The summed E-state index contributed by atoms with van der Waals surface area (Å²) in [6.45, 7) is 1.72. The highest BCUT2D eigenvalue weighted by atomic mass is 35.5. The van der Waals surface area contributed by atoms with Crippen molar-refractivity contribution < 1.29 is 23.7 Å². The molecule has 180 valence electrons. The molecule has 1 amide bonds. The van der Waals surface area contributed by atoms with E-state index in [0.717, 1.165) is 6.42 Å². The van der Waals surface area contributed by atoms with Gasteiger partial charge in [0, 0.05) is 34.7 Å². The van der Waals surface area contributed by atoms with Crippen LogP contribution in [0.1, 0.15) is 45.8 Å². The molecule has 11 heteroatoms. The molecule has 9 nitrogen and oxygen atoms in total. The first-order valence-corrected chi connectivity index (χ1v) is 11.4. The Morgan fingerprint density at radius 3 is 2.60 bits per heavy atom. The number of nitro groups is 1. The third-order valence-corrected chi connectivity index (χ3v) is 5.97. The van der Waals surface area contributed by atoms with Gasteiger partial charge in [-0.05, 0) is 43.5 Å². The van der Waals surface area contributed by atoms with Gasteiger partial charge in [-0.25, -0.2) is 10.2 Å². The van der Waals surface area contributed by atoms with Gasteiger partial charge in [-0.1, -0.05) is 35.3 Å². The fraction of sp³-hybridized carbons (Fsp3) is 0.208. The number of nitrogens with one attached hydrogen (secondary N) is 1. The molecule has 1 heterocycles. The van der Waals surface area contributed by atoms with Crippen LogP contribution in [0.3, 0.4) is 0 Å². The van der Waals surface area contributed by atoms with E-state index in [1.54, 1.807) is 13.0 Å². The van der Waals surface area contributed by atoms with Crippen LogP contribution in [0.4, 0.5) is 5.69 Å². The molecule has 0 saturated heterocycles. The number of hydrogen-bond donors (Lipinski definition) is 1. The van der Waals surface area contributed by atoms with E-state index in [9.17, 15) is 19.7 Å². The number of nitrogens with zero attached hydrogens (tertiary/aromatic N) is 2. The number of non-ortho nitro benzene ring substituents is 1. The average molecular weight is 516 g/mol. The average Bonchev–Trinajstić information content (AvgIpc) is 3.17. The van der Waals surface area contributed by atoms with Gasteiger partial charge < -0.3 is 9.15 Å². The lowest BCUT2D eigenvalue weighted by Gasteiger charge is -2.13. The van der Waals surface area contributed by atoms with Crippen LogP contribution in [-0.4, -0.2) is 22.5 Å². The maximum Gasteiger partial charge on any atom is 0.379 e. The number of aryl methyl sites for hydroxylation is 1. The molecule has 0 bridgehead atoms. The summed E-state index contributed by atoms with van der Waals surface area (Å²) >= 11 is 12.0. The van der Waals surface area contributed by atoms with Gasteiger partial charge in [0.05, 0.1) is 22.1 Å². The fourth-order valence-corrected chi connectivity index (χ4v) is 4.22. The van der Waals surface area contributed by atoms with Crippen molar-refractivity contribution in [3.8, 4) is 5.75 Å². The number of halogens is 2. The molecule has 2 aromatic carbocycles. The number of esters is 1. The molecule has 3 aromatic rings. The quantitative estimate of drug-likeness (QED) is 0.202. The maximum absolute atomic E-state index is 12.8. The van der Waals surface area contributed by atoms with E-state index >= 15 is 0 Å². The number of furan rings is 1. The van der Waals surface area contributed by atoms with Crippen molar-refractivity contribution in [2.45, 2.75) is 32.6 Å². The second kappa shape index (κ2) is 10.3. The number of amides is 1. The lowest BCUT2D eigenvalue weighted by molar-refractivity contribution is -0.384. The van der Waals surface area contributed by atoms with Crippen molar-refractivity contribution in [3.05, 3.63) is 90.8 Å². The van der Waals surface area contributed by atoms with Gasteiger partial charge in [0.25, 0.3) is 5.69 Å². The lowest BCUT2D eigenvalue weighted by atomic mass is 9.93. The van der Waals surface area contributed by atoms with Crippen LogP contribution < -0.4 is 10.2 Å². The van der Waals surface area contributed by atoms with Crippen molar-refractivity contribution >= 4 is 46.5 Å². The Morgan fingerprint density at radius 1 is 1.17 bits per heavy atom. The van der Waals surface area contributed by atoms with Gasteiger partial charge in [-0.15, -0.1) is 0 Å². The summed E-state index contributed by atoms with van der Waals surface area (Å²) in [7, 11) is 0. The molecule has 0 spiro atoms. The number of carbonyl (C=O) groups excluding carboxylic acids is 2. The molecule has 0 aliphatic heterocycles. The number of fused-ring (bicyclic) bond motifs is 1. The van der Waals surface area contributed by atoms with Crippen LogP contribution in [0.2, 0.25) is 10.0 Å². The number of hydrogen-bond acceptors (Lipinski definition) is 7. The second-order valence-corrected chi connectivity index (χ2v) is 8.71. The molecule has 4 rings (SSSR count). The molecule has 1 aromatic heterocycles. The summed E-state index contributed by atoms with van der Waals surface area (Å²) in [5, 5.41) is 15.6. The van der Waals surface area contributed by atoms with Gasteiger partial charge in [-0.2, -0.15) is 5.10 Å². The molecule has 1 N–H and O–H groups in total. The molecule has 1 aliphatic carbocycles. The zero-order valence-corrected chi connectivity index (χ0v) is 20.0. The van der Waals surface area contributed by atoms with Crippen molar-refractivity contribution in [2.75, 3.05) is 0 Å². The summed E-state index contributed by atoms with van der Waals surface area (Å²) in [6, 6.07) is 10.2. The van der Waals surface area contributed by atoms with Crippen molar-refractivity contribution in [1.29, 1.82) is 0 Å². The number of carbonyl (C=O) groups is 2. The number of nitro benzene ring substituents is 1. The molecule has 0 saturated carbocycles. The minimum atomic E-state index is -0.706. The second-order valence-electron chi connectivity index (χ2n) is 7.87. The maximum atomic E-state index is 12.8. The molecule has 1 aliphatic rings. The summed E-state index contributed by atoms with van der Waals surface area (Å²) in [5.74, 6) is -0.305. The highest BCUT2D eigenvalue weighted by Crippen LogP contribution is 2.32. The summed E-state index contributed by atoms with van der Waals surface area (Å²) in [4.78, 5) is 35.4. The summed E-state index contributed by atoms with van der Waals surface area (Å²) in [6.07, 6.45) is 1.93. The van der Waals surface area contributed by atoms with Gasteiger partial charge in [-0.3, -0.25) is 14.9 Å². The molecule has 0 unspecified atom stereocenters. The molecular formula is C24H19Cl2N3O6. The zero-order valence-electron chi connectivity index (χ0n) is 18.5. The molecule has 0 fully saturated rings. The number of rotatable bonds is 6. The molecular weight excluding hydrogens is 497 g/mol. The molecule has 0 atom stereocenters. The predicted octanol–water partition coefficient (Wildman–Crippen LogP) is 5.42. The third-order valence-electron chi connectivity index (χ3n) is 5.44. The van der Waals surface area contributed by atoms with Crippen molar-refractivity contribution in [1.82, 2.24) is 5.43 Å². The van der Waals surface area contributed by atoms with E-state index in [-0.39, 0.29) is 34.5 Å². The fourth-order valence-electron chi connectivity index (χ4n) is 3.77. The number of hydrazone groups is 1. The van der Waals surface area contributed by atoms with Crippen LogP contribution in [0.15, 0.2) is 52.0 Å². The Hall–Kier alpha value is -3.69. The Morgan fingerprint density at radius 2 is 1.91 bits per heavy atom. The first-order chi connectivity index (χ1) is 16.7. The van der Waals surface area contributed by atoms with E-state index in [4.69, 9.17) is 32.4 Å². The molecule has 0 radical (unpaired) electrons. The number of benzene rings is 2. The zero-order chi connectivity index (χ0) is 25.1. The standard InChI is InChI=1S/C24H19Cl2N3O6/c1-13-22-18(27-28-21(30)11-14-5-8-16(9-6-14)29(32)33)3-2-4-20(22)34-23(13)24(31)35-19-10-7-15(25)12-17(19)26/h5-10,12H,2-4,11H2,1H3,(H,28,30)/b27-18+. The van der Waals surface area contributed by atoms with Crippen LogP contribution in [0, 0.1) is 17.0 Å². The van der Waals surface area contributed by atoms with E-state index in [0.29, 0.717) is 46.0 Å². The van der Waals surface area contributed by atoms with E-state index in [1.807, 2.05) is 0 Å². The van der Waals surface area contributed by atoms with Crippen LogP contribution in [-0.2, 0) is 17.6 Å². The highest BCUT2D eigenvalue weighted by Gasteiger charge is 2.29. The topological polar surface area (TPSA) is 124 Å². The summed E-state index contributed by atoms with van der Waals surface area (Å²) < 4.78 is 11.2. The minimum Gasteiger partial charge on any atom is -0.453 e. The minimum absolute atomic E-state index is 0.00538. The molecule has 35 heavy (non-hydrogen) atoms. The van der Waals surface area contributed by atoms with Crippen LogP contribution in [0.25, 0.3) is 0 Å². The number of ether oxygens (including phenoxy) is 1. The Labute approximate surface area is 209 Å². The van der Waals surface area contributed by atoms with Crippen molar-refractivity contribution in [2.24, 2.45) is 5.10 Å². The first-order valence-electron chi connectivity index (χ1n) is 10.6. The third kappa shape index (κ3) is 5.52. The van der Waals surface area contributed by atoms with Gasteiger partial charge >= 0.3 is 5.97 Å². The van der Waals surface area contributed by atoms with E-state index in [1.165, 1.54) is 36.4 Å². The monoisotopic (exact) mass is 515 g/mol. The lowest BCUT2D eigenvalue weighted by Crippen LogP contribution is -2.23. The Kier molecular flexibility index (Phi) is 7.18. The normalized spacial score (nSPS) is 13.9. The van der Waals surface area contributed by atoms with Gasteiger partial charge in [0.2, 0.25) is 11.7 Å². The van der Waals surface area contributed by atoms with E-state index in [2.05, 4.69) is 10.5 Å². The van der Waals surface area contributed by atoms with Gasteiger partial charge in [0.15, 0.2) is 0 Å². The predicted molar refractivity (Wildman–Crippen MR) is 129 cm³/mol. The van der Waals surface area contributed by atoms with E-state index < -0.39 is 10.9 Å². The largest absolute Gasteiger partial charge is 0.453 e. The van der Waals surface area contributed by atoms with Crippen LogP contribution >= 0.6 is 23.2 Å². The highest BCUT2D eigenvalue weighted by molar-refractivity contribution is 6.35. The Balaban J connectivity index is 1.48. The Bertz CT molecular complexity index is 1350. The SMILES string of the molecule is Cc1c(C(=O)Oc2ccc(Cl)cc2Cl)oc2c1/C(=N/NC(=O)Cc1ccc([N+](=O)[O-])cc1)CCC2. The van der Waals surface area contributed by atoms with Crippen LogP contribution in [0.5, 0.6) is 5.75 Å². The summed E-state index contributed by atoms with van der Waals surface area (Å²) in [5.41, 5.74) is 4.90. The smallest absolute Gasteiger partial charge is 0.379 e. The first kappa shape index (κ1) is 24.4.